The molecule has 3 heterocycles. The molecule has 2 fully saturated rings. The van der Waals surface area contributed by atoms with Crippen molar-refractivity contribution in [2.45, 2.75) is 57.3 Å². The molecule has 194 valence electrons. The number of ether oxygens (including phenoxy) is 2. The van der Waals surface area contributed by atoms with Crippen molar-refractivity contribution in [2.75, 3.05) is 16.8 Å². The van der Waals surface area contributed by atoms with E-state index in [0.29, 0.717) is 11.0 Å². The fraction of sp³-hybridized carbons (Fsp3) is 0.435. The zero-order valence-corrected chi connectivity index (χ0v) is 19.5. The number of fused-ring (bicyclic) bond motifs is 1. The Morgan fingerprint density at radius 1 is 1.19 bits per heavy atom. The first-order chi connectivity index (χ1) is 18.9. The van der Waals surface area contributed by atoms with Gasteiger partial charge in [0.15, 0.2) is 11.4 Å². The van der Waals surface area contributed by atoms with Crippen LogP contribution < -0.4 is 9.80 Å². The predicted molar refractivity (Wildman–Crippen MR) is 118 cm³/mol. The van der Waals surface area contributed by atoms with Gasteiger partial charge in [0.05, 0.1) is 16.3 Å². The van der Waals surface area contributed by atoms with Crippen LogP contribution in [0.1, 0.15) is 40.3 Å². The lowest BCUT2D eigenvalue weighted by atomic mass is 9.97. The second-order valence-electron chi connectivity index (χ2n) is 8.76. The Balaban J connectivity index is 1.99. The number of alkyl halides is 3. The molecule has 0 unspecified atom stereocenters. The van der Waals surface area contributed by atoms with E-state index in [9.17, 15) is 31.5 Å². The molecule has 0 N–H and O–H groups in total. The van der Waals surface area contributed by atoms with E-state index in [-0.39, 0.29) is 23.1 Å². The van der Waals surface area contributed by atoms with Crippen LogP contribution in [0.5, 0.6) is 0 Å². The third-order valence-electron chi connectivity index (χ3n) is 5.71. The van der Waals surface area contributed by atoms with Gasteiger partial charge in [0.25, 0.3) is 11.8 Å². The number of carbonyl (C=O) groups excluding carboxylic acids is 2. The molecule has 3 atom stereocenters. The zero-order chi connectivity index (χ0) is 32.0. The Morgan fingerprint density at radius 3 is 2.50 bits per heavy atom. The van der Waals surface area contributed by atoms with Gasteiger partial charge in [-0.15, -0.1) is 0 Å². The normalized spacial score (nSPS) is 28.5. The van der Waals surface area contributed by atoms with Crippen LogP contribution in [-0.2, 0) is 25.2 Å². The van der Waals surface area contributed by atoms with Gasteiger partial charge in [-0.05, 0) is 45.8 Å². The van der Waals surface area contributed by atoms with Gasteiger partial charge in [-0.1, -0.05) is 11.6 Å². The van der Waals surface area contributed by atoms with Crippen LogP contribution in [-0.4, -0.2) is 47.3 Å². The standard InChI is InChI=1S/C23H21ClF5N3O4/c1-10-6-11(23(27,28)29)7-16(30-10)32-17(18-22(4,20(32)34)36-21(2,3)35-18)19(33)31(5)15-8-12(24)13(25)9-14(15)26/h6-9,17-18H,1-5H3/t17-,18-,22-/m0/s1/i1D3,5D3. The first kappa shape index (κ1) is 19.3. The first-order valence-electron chi connectivity index (χ1n) is 13.2. The molecule has 0 saturated carbocycles. The fourth-order valence-corrected chi connectivity index (χ4v) is 4.42. The van der Waals surface area contributed by atoms with Crippen LogP contribution in [0, 0.1) is 18.5 Å². The minimum Gasteiger partial charge on any atom is -0.341 e. The van der Waals surface area contributed by atoms with Crippen molar-refractivity contribution >= 4 is 34.9 Å². The van der Waals surface area contributed by atoms with Crippen LogP contribution >= 0.6 is 11.6 Å². The summed E-state index contributed by atoms with van der Waals surface area (Å²) in [5, 5.41) is -0.777. The number of aryl methyl sites for hydroxylation is 1. The van der Waals surface area contributed by atoms with Crippen molar-refractivity contribution in [1.82, 2.24) is 4.98 Å². The molecule has 2 aromatic rings. The summed E-state index contributed by atoms with van der Waals surface area (Å²) in [5.74, 6) is -8.29. The van der Waals surface area contributed by atoms with Gasteiger partial charge in [0.1, 0.15) is 29.6 Å². The van der Waals surface area contributed by atoms with Gasteiger partial charge >= 0.3 is 6.18 Å². The Hall–Kier alpha value is -2.83. The van der Waals surface area contributed by atoms with Gasteiger partial charge in [0, 0.05) is 27.0 Å². The van der Waals surface area contributed by atoms with Gasteiger partial charge in [-0.3, -0.25) is 14.5 Å². The average molecular weight is 540 g/mol. The second-order valence-corrected chi connectivity index (χ2v) is 9.16. The van der Waals surface area contributed by atoms with Gasteiger partial charge in [0.2, 0.25) is 0 Å². The minimum atomic E-state index is -5.15. The molecule has 1 aromatic carbocycles. The number of rotatable bonds is 3. The van der Waals surface area contributed by atoms with Crippen molar-refractivity contribution < 1.29 is 49.2 Å². The number of aromatic nitrogens is 1. The maximum atomic E-state index is 14.9. The largest absolute Gasteiger partial charge is 0.416 e. The van der Waals surface area contributed by atoms with E-state index in [1.807, 2.05) is 0 Å². The van der Waals surface area contributed by atoms with Crippen LogP contribution in [0.15, 0.2) is 24.3 Å². The van der Waals surface area contributed by atoms with Crippen molar-refractivity contribution in [3.8, 4) is 0 Å². The number of benzene rings is 1. The van der Waals surface area contributed by atoms with Gasteiger partial charge in [-0.2, -0.15) is 13.2 Å². The Labute approximate surface area is 216 Å². The molecule has 7 nitrogen and oxygen atoms in total. The van der Waals surface area contributed by atoms with E-state index in [1.165, 1.54) is 13.8 Å². The van der Waals surface area contributed by atoms with Crippen LogP contribution in [0.25, 0.3) is 0 Å². The molecular formula is C23H21ClF5N3O4. The summed E-state index contributed by atoms with van der Waals surface area (Å²) in [6.07, 6.45) is -6.88. The molecule has 13 heteroatoms. The van der Waals surface area contributed by atoms with E-state index < -0.39 is 94.8 Å². The number of amides is 2. The molecule has 4 rings (SSSR count). The SMILES string of the molecule is [2H]C([2H])([2H])c1cc(C(F)(F)F)cc(N2C(=O)[C@@]3(C)OC(C)(C)O[C@H]3[C@H]2C(=O)N(c2cc(Cl)c(F)cc2F)C([2H])([2H])[2H])n1. The summed E-state index contributed by atoms with van der Waals surface area (Å²) in [6, 6.07) is -0.967. The summed E-state index contributed by atoms with van der Waals surface area (Å²) < 4.78 is 128. The summed E-state index contributed by atoms with van der Waals surface area (Å²) in [5.41, 5.74) is -5.84. The first-order valence-corrected chi connectivity index (χ1v) is 10.6. The smallest absolute Gasteiger partial charge is 0.341 e. The monoisotopic (exact) mass is 539 g/mol. The average Bonchev–Trinajstić information content (AvgIpc) is 3.17. The van der Waals surface area contributed by atoms with Crippen LogP contribution in [0.4, 0.5) is 33.5 Å². The predicted octanol–water partition coefficient (Wildman–Crippen LogP) is 4.63. The minimum absolute atomic E-state index is 0.128. The molecule has 2 aliphatic heterocycles. The third kappa shape index (κ3) is 4.20. The number of likely N-dealkylation sites (N-methyl/N-ethyl adjacent to an activating group) is 1. The molecule has 0 spiro atoms. The number of nitrogens with zero attached hydrogens (tertiary/aromatic N) is 3. The van der Waals surface area contributed by atoms with E-state index >= 15 is 0 Å². The molecule has 2 amide bonds. The number of halogens is 6. The highest BCUT2D eigenvalue weighted by molar-refractivity contribution is 6.31. The van der Waals surface area contributed by atoms with E-state index in [0.717, 1.165) is 6.92 Å². The molecule has 0 radical (unpaired) electrons. The van der Waals surface area contributed by atoms with Gasteiger partial charge < -0.3 is 14.4 Å². The Morgan fingerprint density at radius 2 is 1.89 bits per heavy atom. The highest BCUT2D eigenvalue weighted by Crippen LogP contribution is 2.47. The van der Waals surface area contributed by atoms with Crippen molar-refractivity contribution in [3.63, 3.8) is 0 Å². The topological polar surface area (TPSA) is 72.0 Å². The fourth-order valence-electron chi connectivity index (χ4n) is 4.27. The Bertz CT molecular complexity index is 1440. The van der Waals surface area contributed by atoms with E-state index in [1.54, 1.807) is 0 Å². The van der Waals surface area contributed by atoms with E-state index in [2.05, 4.69) is 4.98 Å². The summed E-state index contributed by atoms with van der Waals surface area (Å²) in [7, 11) is 0. The molecule has 0 aliphatic carbocycles. The van der Waals surface area contributed by atoms with Crippen LogP contribution in [0.2, 0.25) is 5.02 Å². The molecule has 2 saturated heterocycles. The van der Waals surface area contributed by atoms with Crippen molar-refractivity contribution in [2.24, 2.45) is 0 Å². The number of anilines is 2. The highest BCUT2D eigenvalue weighted by atomic mass is 35.5. The van der Waals surface area contributed by atoms with Crippen LogP contribution in [0.3, 0.4) is 0 Å². The molecule has 2 aliphatic rings. The maximum Gasteiger partial charge on any atom is 0.416 e. The summed E-state index contributed by atoms with van der Waals surface area (Å²) >= 11 is 5.72. The quantitative estimate of drug-likeness (QED) is 0.420. The molecule has 36 heavy (non-hydrogen) atoms. The highest BCUT2D eigenvalue weighted by Gasteiger charge is 2.68. The Kier molecular flexibility index (Phi) is 4.48. The number of carbonyl (C=O) groups is 2. The number of pyridine rings is 1. The molecule has 0 bridgehead atoms. The lowest BCUT2D eigenvalue weighted by molar-refractivity contribution is -0.173. The zero-order valence-electron chi connectivity index (χ0n) is 24.7. The molecule has 1 aromatic heterocycles. The van der Waals surface area contributed by atoms with Crippen molar-refractivity contribution in [3.05, 3.63) is 52.2 Å². The number of hydrogen-bond acceptors (Lipinski definition) is 5. The maximum absolute atomic E-state index is 14.9. The number of hydrogen-bond donors (Lipinski definition) is 0. The summed E-state index contributed by atoms with van der Waals surface area (Å²) in [6.45, 7) is -2.95. The molecular weight excluding hydrogens is 513 g/mol. The lowest BCUT2D eigenvalue weighted by Gasteiger charge is -2.31. The second kappa shape index (κ2) is 8.35. The van der Waals surface area contributed by atoms with Crippen molar-refractivity contribution in [1.29, 1.82) is 0 Å². The summed E-state index contributed by atoms with van der Waals surface area (Å²) in [4.78, 5) is 31.8. The van der Waals surface area contributed by atoms with Gasteiger partial charge in [-0.25, -0.2) is 13.8 Å². The third-order valence-corrected chi connectivity index (χ3v) is 6.00. The lowest BCUT2D eigenvalue weighted by Crippen LogP contribution is -2.51. The van der Waals surface area contributed by atoms with E-state index in [4.69, 9.17) is 29.3 Å².